The Morgan fingerprint density at radius 3 is 2.12 bits per heavy atom. The van der Waals surface area contributed by atoms with E-state index in [2.05, 4.69) is 43.7 Å². The lowest BCUT2D eigenvalue weighted by Gasteiger charge is -2.08. The molecule has 6 heteroatoms. The summed E-state index contributed by atoms with van der Waals surface area (Å²) in [6, 6.07) is 9.68. The van der Waals surface area contributed by atoms with Crippen LogP contribution in [0.25, 0.3) is 0 Å². The molecule has 0 fully saturated rings. The fourth-order valence-corrected chi connectivity index (χ4v) is 3.76. The highest BCUT2D eigenvalue weighted by Crippen LogP contribution is 2.26. The van der Waals surface area contributed by atoms with E-state index in [0.29, 0.717) is 28.3 Å². The summed E-state index contributed by atoms with van der Waals surface area (Å²) in [6.07, 6.45) is 3.83. The summed E-state index contributed by atoms with van der Waals surface area (Å²) in [5, 5.41) is 9.67. The topological polar surface area (TPSA) is 66.6 Å². The summed E-state index contributed by atoms with van der Waals surface area (Å²) < 4.78 is 0. The molecule has 2 rings (SSSR count). The van der Waals surface area contributed by atoms with E-state index in [0.717, 1.165) is 9.79 Å². The molecule has 2 heterocycles. The zero-order valence-electron chi connectivity index (χ0n) is 15.9. The molecule has 0 aromatic carbocycles. The molecule has 2 aromatic heterocycles. The minimum absolute atomic E-state index is 0.119. The number of Topliss-reactive ketones (excluding diaryl/α,β-unsaturated/α-hetero) is 1. The third-order valence-electron chi connectivity index (χ3n) is 2.96. The highest BCUT2D eigenvalue weighted by molar-refractivity contribution is 8.00. The summed E-state index contributed by atoms with van der Waals surface area (Å²) in [6.45, 7) is 10.3. The lowest BCUT2D eigenvalue weighted by atomic mass is 10.2. The van der Waals surface area contributed by atoms with Gasteiger partial charge in [-0.2, -0.15) is 5.26 Å². The van der Waals surface area contributed by atoms with Crippen LogP contribution in [-0.4, -0.2) is 26.3 Å². The number of thioether (sulfide) groups is 2. The van der Waals surface area contributed by atoms with Crippen molar-refractivity contribution < 1.29 is 4.79 Å². The predicted molar refractivity (Wildman–Crippen MR) is 110 cm³/mol. The Morgan fingerprint density at radius 2 is 1.58 bits per heavy atom. The van der Waals surface area contributed by atoms with Crippen LogP contribution in [0.5, 0.6) is 0 Å². The van der Waals surface area contributed by atoms with Gasteiger partial charge < -0.3 is 0 Å². The van der Waals surface area contributed by atoms with E-state index in [9.17, 15) is 4.79 Å². The maximum absolute atomic E-state index is 11.5. The number of hydrogen-bond acceptors (Lipinski definition) is 6. The van der Waals surface area contributed by atoms with E-state index >= 15 is 0 Å². The first kappa shape index (κ1) is 22.2. The lowest BCUT2D eigenvalue weighted by Crippen LogP contribution is -2.03. The van der Waals surface area contributed by atoms with Gasteiger partial charge in [0.15, 0.2) is 11.5 Å². The van der Waals surface area contributed by atoms with Gasteiger partial charge in [0.05, 0.1) is 0 Å². The first-order valence-electron chi connectivity index (χ1n) is 8.55. The molecule has 0 saturated heterocycles. The molecule has 2 aromatic rings. The highest BCUT2D eigenvalue weighted by Gasteiger charge is 2.11. The van der Waals surface area contributed by atoms with Crippen molar-refractivity contribution >= 4 is 29.3 Å². The highest BCUT2D eigenvalue weighted by atomic mass is 32.2. The second-order valence-corrected chi connectivity index (χ2v) is 9.16. The third kappa shape index (κ3) is 7.59. The molecule has 0 aliphatic carbocycles. The zero-order chi connectivity index (χ0) is 19.5. The molecular formula is C20H25N3OS2. The van der Waals surface area contributed by atoms with E-state index in [1.807, 2.05) is 31.2 Å². The molecule has 0 N–H and O–H groups in total. The van der Waals surface area contributed by atoms with Crippen LogP contribution in [0.1, 0.15) is 57.2 Å². The van der Waals surface area contributed by atoms with Crippen molar-refractivity contribution in [3.05, 3.63) is 48.0 Å². The van der Waals surface area contributed by atoms with E-state index in [-0.39, 0.29) is 5.78 Å². The standard InChI is InChI=1S/C11H15NOS.C9H10N2S/c1-4-9(13)11-10(14-8(2)3)6-5-7-12-11;1-7(2)12-9-4-3-5-11-8(9)6-10/h5-8H,4H2,1-3H3;3-5,7H,1-2H3. The van der Waals surface area contributed by atoms with Gasteiger partial charge in [0, 0.05) is 39.1 Å². The molecule has 138 valence electrons. The Labute approximate surface area is 164 Å². The van der Waals surface area contributed by atoms with Gasteiger partial charge in [0.1, 0.15) is 11.8 Å². The number of carbonyl (C=O) groups excluding carboxylic acids is 1. The van der Waals surface area contributed by atoms with Crippen molar-refractivity contribution in [1.29, 1.82) is 5.26 Å². The zero-order valence-corrected chi connectivity index (χ0v) is 17.5. The van der Waals surface area contributed by atoms with Crippen LogP contribution in [0.3, 0.4) is 0 Å². The van der Waals surface area contributed by atoms with Crippen molar-refractivity contribution in [3.8, 4) is 6.07 Å². The molecule has 0 atom stereocenters. The van der Waals surface area contributed by atoms with E-state index in [1.165, 1.54) is 0 Å². The lowest BCUT2D eigenvalue weighted by molar-refractivity contribution is 0.0980. The fraction of sp³-hybridized carbons (Fsp3) is 0.400. The van der Waals surface area contributed by atoms with Crippen LogP contribution in [-0.2, 0) is 0 Å². The van der Waals surface area contributed by atoms with Gasteiger partial charge in [0.25, 0.3) is 0 Å². The van der Waals surface area contributed by atoms with Crippen LogP contribution in [0, 0.1) is 11.3 Å². The maximum Gasteiger partial charge on any atom is 0.182 e. The van der Waals surface area contributed by atoms with Crippen molar-refractivity contribution in [2.24, 2.45) is 0 Å². The molecule has 0 bridgehead atoms. The number of rotatable bonds is 6. The molecule has 0 amide bonds. The van der Waals surface area contributed by atoms with Crippen LogP contribution in [0.4, 0.5) is 0 Å². The SMILES string of the molecule is CC(C)Sc1cccnc1C#N.CCC(=O)c1ncccc1SC(C)C. The van der Waals surface area contributed by atoms with Gasteiger partial charge >= 0.3 is 0 Å². The average molecular weight is 388 g/mol. The Balaban J connectivity index is 0.000000263. The van der Waals surface area contributed by atoms with Crippen LogP contribution in [0.15, 0.2) is 46.5 Å². The van der Waals surface area contributed by atoms with Gasteiger partial charge in [-0.15, -0.1) is 23.5 Å². The largest absolute Gasteiger partial charge is 0.292 e. The van der Waals surface area contributed by atoms with Crippen molar-refractivity contribution in [2.75, 3.05) is 0 Å². The summed E-state index contributed by atoms with van der Waals surface area (Å²) in [5.74, 6) is 0.119. The molecule has 0 aliphatic heterocycles. The number of nitriles is 1. The minimum Gasteiger partial charge on any atom is -0.292 e. The smallest absolute Gasteiger partial charge is 0.182 e. The van der Waals surface area contributed by atoms with Crippen LogP contribution < -0.4 is 0 Å². The van der Waals surface area contributed by atoms with E-state index in [4.69, 9.17) is 5.26 Å². The molecular weight excluding hydrogens is 362 g/mol. The minimum atomic E-state index is 0.119. The Morgan fingerprint density at radius 1 is 1.04 bits per heavy atom. The van der Waals surface area contributed by atoms with Gasteiger partial charge in [-0.3, -0.25) is 9.78 Å². The van der Waals surface area contributed by atoms with Gasteiger partial charge in [-0.05, 0) is 24.3 Å². The quantitative estimate of drug-likeness (QED) is 0.473. The van der Waals surface area contributed by atoms with Crippen LogP contribution in [0.2, 0.25) is 0 Å². The molecule has 0 radical (unpaired) electrons. The molecule has 0 aliphatic rings. The maximum atomic E-state index is 11.5. The normalized spacial score (nSPS) is 10.2. The first-order chi connectivity index (χ1) is 12.4. The molecule has 0 unspecified atom stereocenters. The van der Waals surface area contributed by atoms with E-state index in [1.54, 1.807) is 35.9 Å². The Bertz CT molecular complexity index is 755. The second kappa shape index (κ2) is 11.7. The Hall–Kier alpha value is -1.84. The summed E-state index contributed by atoms with van der Waals surface area (Å²) in [4.78, 5) is 21.6. The number of ketones is 1. The van der Waals surface area contributed by atoms with Gasteiger partial charge in [-0.1, -0.05) is 34.6 Å². The predicted octanol–water partition coefficient (Wildman–Crippen LogP) is 5.63. The number of carbonyl (C=O) groups is 1. The van der Waals surface area contributed by atoms with E-state index < -0.39 is 0 Å². The number of pyridine rings is 2. The van der Waals surface area contributed by atoms with Gasteiger partial charge in [-0.25, -0.2) is 4.98 Å². The first-order valence-corrected chi connectivity index (χ1v) is 10.3. The monoisotopic (exact) mass is 387 g/mol. The summed E-state index contributed by atoms with van der Waals surface area (Å²) in [5.41, 5.74) is 1.14. The van der Waals surface area contributed by atoms with Gasteiger partial charge in [0.2, 0.25) is 0 Å². The molecule has 26 heavy (non-hydrogen) atoms. The van der Waals surface area contributed by atoms with Crippen molar-refractivity contribution in [2.45, 2.75) is 61.3 Å². The fourth-order valence-electron chi connectivity index (χ4n) is 1.94. The van der Waals surface area contributed by atoms with Crippen LogP contribution >= 0.6 is 23.5 Å². The third-order valence-corrected chi connectivity index (χ3v) is 5.07. The van der Waals surface area contributed by atoms with Crippen molar-refractivity contribution in [3.63, 3.8) is 0 Å². The number of nitrogens with zero attached hydrogens (tertiary/aromatic N) is 3. The van der Waals surface area contributed by atoms with Crippen molar-refractivity contribution in [1.82, 2.24) is 9.97 Å². The average Bonchev–Trinajstić information content (AvgIpc) is 2.61. The summed E-state index contributed by atoms with van der Waals surface area (Å²) in [7, 11) is 0. The summed E-state index contributed by atoms with van der Waals surface area (Å²) >= 11 is 3.35. The molecule has 0 spiro atoms. The number of hydrogen-bond donors (Lipinski definition) is 0. The molecule has 4 nitrogen and oxygen atoms in total. The number of aromatic nitrogens is 2. The Kier molecular flexibility index (Phi) is 10.0. The molecule has 0 saturated carbocycles. The second-order valence-electron chi connectivity index (χ2n) is 5.92.